The van der Waals surface area contributed by atoms with Crippen molar-refractivity contribution in [2.75, 3.05) is 0 Å². The standard InChI is InChI=1S/3C4H4O4.7H2O.2Tb/c3*5-3(6)1-2-4(7)8;;;;;;;;;/h3*1-2H,(H,5,6)(H,7,8);7*1H2;;/b3*2-1+;;;;;;;;;. The Balaban J connectivity index is -0.0000000176. The van der Waals surface area contributed by atoms with Gasteiger partial charge in [-0.2, -0.15) is 0 Å². The second-order valence-corrected chi connectivity index (χ2v) is 3.03. The van der Waals surface area contributed by atoms with Gasteiger partial charge in [0, 0.05) is 114 Å². The molecular formula is C12H26O19Tb2. The summed E-state index contributed by atoms with van der Waals surface area (Å²) in [6, 6.07) is 0. The molecule has 0 aliphatic carbocycles. The van der Waals surface area contributed by atoms with Crippen LogP contribution in [0.5, 0.6) is 0 Å². The van der Waals surface area contributed by atoms with Crippen molar-refractivity contribution in [1.82, 2.24) is 0 Å². The van der Waals surface area contributed by atoms with Gasteiger partial charge >= 0.3 is 35.8 Å². The van der Waals surface area contributed by atoms with Gasteiger partial charge in [-0.25, -0.2) is 28.8 Å². The Kier molecular flexibility index (Phi) is 122. The van der Waals surface area contributed by atoms with Crippen LogP contribution in [0.15, 0.2) is 36.5 Å². The van der Waals surface area contributed by atoms with E-state index in [1.165, 1.54) is 0 Å². The van der Waals surface area contributed by atoms with Crippen LogP contribution < -0.4 is 0 Å². The van der Waals surface area contributed by atoms with Crippen LogP contribution in [0, 0.1) is 77.2 Å². The fourth-order valence-corrected chi connectivity index (χ4v) is 0.428. The van der Waals surface area contributed by atoms with Crippen LogP contribution in [-0.4, -0.2) is 105 Å². The summed E-state index contributed by atoms with van der Waals surface area (Å²) in [6.07, 6.45) is 3.35. The Hall–Kier alpha value is -1.67. The molecule has 0 aliphatic heterocycles. The van der Waals surface area contributed by atoms with Gasteiger partial charge in [0.1, 0.15) is 0 Å². The molecule has 21 heteroatoms. The number of carbonyl (C=O) groups is 6. The number of rotatable bonds is 6. The first-order chi connectivity index (χ1) is 10.9. The quantitative estimate of drug-likeness (QED) is 0.137. The summed E-state index contributed by atoms with van der Waals surface area (Å²) in [5.41, 5.74) is 0. The summed E-state index contributed by atoms with van der Waals surface area (Å²) in [4.78, 5) is 57.3. The maximum atomic E-state index is 9.55. The van der Waals surface area contributed by atoms with Crippen LogP contribution in [0.3, 0.4) is 0 Å². The van der Waals surface area contributed by atoms with Crippen molar-refractivity contribution in [3.05, 3.63) is 36.5 Å². The number of carboxylic acids is 6. The van der Waals surface area contributed by atoms with Crippen LogP contribution in [0.4, 0.5) is 0 Å². The zero-order valence-electron chi connectivity index (χ0n) is 15.8. The van der Waals surface area contributed by atoms with E-state index in [2.05, 4.69) is 0 Å². The molecule has 0 aromatic heterocycles. The summed E-state index contributed by atoms with van der Waals surface area (Å²) in [7, 11) is 0. The number of aliphatic carboxylic acids is 6. The Labute approximate surface area is 245 Å². The zero-order valence-corrected chi connectivity index (χ0v) is 20.0. The molecule has 0 heterocycles. The minimum atomic E-state index is -1.26. The van der Waals surface area contributed by atoms with E-state index in [4.69, 9.17) is 30.6 Å². The van der Waals surface area contributed by atoms with Gasteiger partial charge in [0.15, 0.2) is 0 Å². The van der Waals surface area contributed by atoms with Crippen molar-refractivity contribution >= 4 is 35.8 Å². The molecule has 0 saturated heterocycles. The molecule has 2 radical (unpaired) electrons. The second-order valence-electron chi connectivity index (χ2n) is 3.03. The van der Waals surface area contributed by atoms with Crippen molar-refractivity contribution in [1.29, 1.82) is 0 Å². The average molecular weight is 792 g/mol. The van der Waals surface area contributed by atoms with E-state index in [0.29, 0.717) is 36.5 Å². The Morgan fingerprint density at radius 1 is 0.303 bits per heavy atom. The van der Waals surface area contributed by atoms with Crippen LogP contribution >= 0.6 is 0 Å². The average Bonchev–Trinajstić information content (AvgIpc) is 2.42. The SMILES string of the molecule is O.O.O.O.O.O.O.O=C(O)/C=C/C(=O)O.O=C(O)/C=C/C(=O)O.O=C(O)/C=C/C(=O)O.[Tb].[Tb]. The van der Waals surface area contributed by atoms with Crippen LogP contribution in [0.1, 0.15) is 0 Å². The first-order valence-electron chi connectivity index (χ1n) is 5.30. The Bertz CT molecular complexity index is 454. The van der Waals surface area contributed by atoms with E-state index < -0.39 is 35.8 Å². The molecule has 0 aromatic carbocycles. The second kappa shape index (κ2) is 52.3. The molecule has 0 saturated carbocycles. The van der Waals surface area contributed by atoms with Crippen LogP contribution in [0.2, 0.25) is 0 Å². The Morgan fingerprint density at radius 3 is 0.394 bits per heavy atom. The van der Waals surface area contributed by atoms with Gasteiger partial charge in [-0.3, -0.25) is 0 Å². The summed E-state index contributed by atoms with van der Waals surface area (Å²) in [5.74, 6) is -7.54. The predicted octanol–water partition coefficient (Wildman–Crippen LogP) is -6.64. The third-order valence-electron chi connectivity index (χ3n) is 1.11. The normalized spacial score (nSPS) is 6.91. The molecule has 0 fully saturated rings. The summed E-state index contributed by atoms with van der Waals surface area (Å²) < 4.78 is 0. The van der Waals surface area contributed by atoms with Gasteiger partial charge in [-0.1, -0.05) is 0 Å². The minimum absolute atomic E-state index is 0. The summed E-state index contributed by atoms with van der Waals surface area (Å²) in [6.45, 7) is 0. The fourth-order valence-electron chi connectivity index (χ4n) is 0.428. The number of hydrogen-bond acceptors (Lipinski definition) is 6. The molecule has 0 unspecified atom stereocenters. The van der Waals surface area contributed by atoms with E-state index in [-0.39, 0.29) is 116 Å². The minimum Gasteiger partial charge on any atom is -0.478 e. The van der Waals surface area contributed by atoms with Crippen molar-refractivity contribution in [3.8, 4) is 0 Å². The van der Waals surface area contributed by atoms with Gasteiger partial charge in [0.25, 0.3) is 0 Å². The largest absolute Gasteiger partial charge is 0.478 e. The molecule has 0 aliphatic rings. The molecular weight excluding hydrogens is 766 g/mol. The smallest absolute Gasteiger partial charge is 0.328 e. The van der Waals surface area contributed by atoms with Crippen LogP contribution in [-0.2, 0) is 28.8 Å². The monoisotopic (exact) mass is 792 g/mol. The molecule has 33 heavy (non-hydrogen) atoms. The predicted molar refractivity (Wildman–Crippen MR) is 98.5 cm³/mol. The van der Waals surface area contributed by atoms with Gasteiger partial charge in [0.05, 0.1) is 0 Å². The van der Waals surface area contributed by atoms with E-state index >= 15 is 0 Å². The van der Waals surface area contributed by atoms with E-state index in [9.17, 15) is 28.8 Å². The van der Waals surface area contributed by atoms with Crippen molar-refractivity contribution < 1.29 is 175 Å². The Morgan fingerprint density at radius 2 is 0.364 bits per heavy atom. The van der Waals surface area contributed by atoms with Crippen molar-refractivity contribution in [2.45, 2.75) is 0 Å². The molecule has 0 amide bonds. The first kappa shape index (κ1) is 77.1. The van der Waals surface area contributed by atoms with Crippen molar-refractivity contribution in [2.24, 2.45) is 0 Å². The van der Waals surface area contributed by atoms with Gasteiger partial charge in [-0.05, 0) is 0 Å². The zero-order chi connectivity index (χ0) is 19.7. The molecule has 206 valence electrons. The van der Waals surface area contributed by atoms with E-state index in [1.807, 2.05) is 0 Å². The molecule has 0 atom stereocenters. The van der Waals surface area contributed by atoms with E-state index in [0.717, 1.165) is 0 Å². The third kappa shape index (κ3) is 137. The maximum Gasteiger partial charge on any atom is 0.328 e. The van der Waals surface area contributed by atoms with Crippen LogP contribution in [0.25, 0.3) is 0 Å². The number of hydrogen-bond donors (Lipinski definition) is 6. The topological polar surface area (TPSA) is 444 Å². The molecule has 20 N–H and O–H groups in total. The fraction of sp³-hybridized carbons (Fsp3) is 0. The maximum absolute atomic E-state index is 9.55. The van der Waals surface area contributed by atoms with Crippen molar-refractivity contribution in [3.63, 3.8) is 0 Å². The van der Waals surface area contributed by atoms with E-state index in [1.54, 1.807) is 0 Å². The number of carboxylic acid groups (broad SMARTS) is 6. The molecule has 0 aromatic rings. The third-order valence-corrected chi connectivity index (χ3v) is 1.11. The molecule has 19 nitrogen and oxygen atoms in total. The van der Waals surface area contributed by atoms with Gasteiger partial charge in [0.2, 0.25) is 0 Å². The summed E-state index contributed by atoms with van der Waals surface area (Å²) >= 11 is 0. The molecule has 0 rings (SSSR count). The van der Waals surface area contributed by atoms with Gasteiger partial charge < -0.3 is 69.0 Å². The summed E-state index contributed by atoms with van der Waals surface area (Å²) in [5, 5.41) is 46.9. The first-order valence-corrected chi connectivity index (χ1v) is 5.30. The molecule has 0 bridgehead atoms. The van der Waals surface area contributed by atoms with Gasteiger partial charge in [-0.15, -0.1) is 0 Å². The molecule has 0 spiro atoms.